The smallest absolute Gasteiger partial charge is 0.147 e. The summed E-state index contributed by atoms with van der Waals surface area (Å²) in [5.74, 6) is 0.878. The van der Waals surface area contributed by atoms with Gasteiger partial charge in [0.2, 0.25) is 0 Å². The van der Waals surface area contributed by atoms with E-state index in [1.807, 2.05) is 0 Å². The molecule has 2 aliphatic heterocycles. The van der Waals surface area contributed by atoms with Gasteiger partial charge in [0.25, 0.3) is 0 Å². The van der Waals surface area contributed by atoms with Crippen molar-refractivity contribution in [1.82, 2.24) is 9.88 Å². The predicted octanol–water partition coefficient (Wildman–Crippen LogP) is 3.06. The van der Waals surface area contributed by atoms with E-state index < -0.39 is 0 Å². The van der Waals surface area contributed by atoms with Crippen LogP contribution >= 0.6 is 23.2 Å². The Hall–Kier alpha value is -0.510. The van der Waals surface area contributed by atoms with E-state index in [1.165, 1.54) is 32.4 Å². The van der Waals surface area contributed by atoms with Crippen molar-refractivity contribution in [3.8, 4) is 0 Å². The van der Waals surface area contributed by atoms with Crippen molar-refractivity contribution >= 4 is 29.0 Å². The van der Waals surface area contributed by atoms with Gasteiger partial charge >= 0.3 is 0 Å². The van der Waals surface area contributed by atoms with Crippen LogP contribution in [-0.4, -0.2) is 42.1 Å². The molecule has 1 atom stereocenters. The average Bonchev–Trinajstić information content (AvgIpc) is 2.99. The Morgan fingerprint density at radius 2 is 1.94 bits per heavy atom. The number of rotatable bonds is 2. The molecule has 0 aromatic carbocycles. The third-order valence-corrected chi connectivity index (χ3v) is 4.39. The van der Waals surface area contributed by atoms with Crippen LogP contribution in [0.1, 0.15) is 19.3 Å². The molecule has 3 nitrogen and oxygen atoms in total. The summed E-state index contributed by atoms with van der Waals surface area (Å²) in [7, 11) is 0. The zero-order valence-electron chi connectivity index (χ0n) is 10.3. The molecular weight excluding hydrogens is 269 g/mol. The lowest BCUT2D eigenvalue weighted by molar-refractivity contribution is 0.260. The molecule has 5 heteroatoms. The maximum absolute atomic E-state index is 6.21. The summed E-state index contributed by atoms with van der Waals surface area (Å²) in [6.45, 7) is 4.57. The molecule has 0 saturated carbocycles. The molecule has 0 spiro atoms. The highest BCUT2D eigenvalue weighted by Crippen LogP contribution is 2.30. The zero-order valence-corrected chi connectivity index (χ0v) is 11.8. The maximum Gasteiger partial charge on any atom is 0.147 e. The molecule has 0 unspecified atom stereocenters. The summed E-state index contributed by atoms with van der Waals surface area (Å²) in [5.41, 5.74) is 0. The van der Waals surface area contributed by atoms with Gasteiger partial charge in [0.05, 0.1) is 10.0 Å². The van der Waals surface area contributed by atoms with Gasteiger partial charge in [0.1, 0.15) is 5.82 Å². The molecule has 0 aliphatic carbocycles. The first-order valence-electron chi connectivity index (χ1n) is 6.54. The van der Waals surface area contributed by atoms with Gasteiger partial charge in [-0.05, 0) is 38.4 Å². The lowest BCUT2D eigenvalue weighted by Gasteiger charge is -2.24. The number of likely N-dealkylation sites (tertiary alicyclic amines) is 1. The molecule has 3 rings (SSSR count). The zero-order chi connectivity index (χ0) is 12.5. The van der Waals surface area contributed by atoms with Gasteiger partial charge in [-0.3, -0.25) is 4.90 Å². The lowest BCUT2D eigenvalue weighted by Crippen LogP contribution is -2.35. The average molecular weight is 286 g/mol. The largest absolute Gasteiger partial charge is 0.354 e. The summed E-state index contributed by atoms with van der Waals surface area (Å²) in [6.07, 6.45) is 5.57. The number of halogens is 2. The normalized spacial score (nSPS) is 25.0. The number of nitrogens with zero attached hydrogens (tertiary/aromatic N) is 3. The second kappa shape index (κ2) is 5.24. The van der Waals surface area contributed by atoms with Gasteiger partial charge < -0.3 is 4.90 Å². The van der Waals surface area contributed by atoms with Gasteiger partial charge in [-0.1, -0.05) is 23.2 Å². The lowest BCUT2D eigenvalue weighted by atomic mass is 10.2. The molecule has 2 fully saturated rings. The van der Waals surface area contributed by atoms with Gasteiger partial charge in [-0.25, -0.2) is 4.98 Å². The van der Waals surface area contributed by atoms with Crippen LogP contribution in [-0.2, 0) is 0 Å². The van der Waals surface area contributed by atoms with E-state index in [0.29, 0.717) is 16.1 Å². The molecule has 98 valence electrons. The standard InChI is InChI=1S/C13H17Cl2N3/c14-10-7-12(15)13(16-8-10)18-6-3-11(9-18)17-4-1-2-5-17/h7-8,11H,1-6,9H2/t11-/m0/s1. The Labute approximate surface area is 118 Å². The number of anilines is 1. The Morgan fingerprint density at radius 3 is 2.67 bits per heavy atom. The molecule has 0 N–H and O–H groups in total. The minimum atomic E-state index is 0.596. The third-order valence-electron chi connectivity index (χ3n) is 3.91. The van der Waals surface area contributed by atoms with Gasteiger partial charge in [-0.15, -0.1) is 0 Å². The summed E-state index contributed by atoms with van der Waals surface area (Å²) in [6, 6.07) is 2.44. The monoisotopic (exact) mass is 285 g/mol. The van der Waals surface area contributed by atoms with Crippen LogP contribution in [0.5, 0.6) is 0 Å². The van der Waals surface area contributed by atoms with Crippen molar-refractivity contribution < 1.29 is 0 Å². The van der Waals surface area contributed by atoms with Crippen LogP contribution < -0.4 is 4.90 Å². The quantitative estimate of drug-likeness (QED) is 0.833. The van der Waals surface area contributed by atoms with Crippen LogP contribution in [0.25, 0.3) is 0 Å². The molecule has 1 aromatic rings. The Kier molecular flexibility index (Phi) is 3.64. The highest BCUT2D eigenvalue weighted by molar-refractivity contribution is 6.36. The summed E-state index contributed by atoms with van der Waals surface area (Å²) in [5, 5.41) is 1.25. The first kappa shape index (κ1) is 12.5. The summed E-state index contributed by atoms with van der Waals surface area (Å²) in [4.78, 5) is 9.24. The first-order valence-corrected chi connectivity index (χ1v) is 7.29. The Balaban J connectivity index is 1.71. The number of pyridine rings is 1. The minimum Gasteiger partial charge on any atom is -0.354 e. The second-order valence-corrected chi connectivity index (χ2v) is 5.93. The SMILES string of the molecule is Clc1cnc(N2CC[C@H](N3CCCC3)C2)c(Cl)c1. The van der Waals surface area contributed by atoms with E-state index in [2.05, 4.69) is 14.8 Å². The van der Waals surface area contributed by atoms with E-state index in [9.17, 15) is 0 Å². The van der Waals surface area contributed by atoms with Crippen LogP contribution in [0.2, 0.25) is 10.0 Å². The molecule has 0 radical (unpaired) electrons. The third kappa shape index (κ3) is 2.44. The minimum absolute atomic E-state index is 0.596. The van der Waals surface area contributed by atoms with Crippen LogP contribution in [0.15, 0.2) is 12.3 Å². The predicted molar refractivity (Wildman–Crippen MR) is 75.7 cm³/mol. The Bertz CT molecular complexity index is 432. The first-order chi connectivity index (χ1) is 8.74. The van der Waals surface area contributed by atoms with E-state index in [1.54, 1.807) is 12.3 Å². The van der Waals surface area contributed by atoms with Crippen LogP contribution in [0, 0.1) is 0 Å². The number of hydrogen-bond acceptors (Lipinski definition) is 3. The van der Waals surface area contributed by atoms with E-state index in [-0.39, 0.29) is 0 Å². The van der Waals surface area contributed by atoms with Crippen molar-refractivity contribution in [3.63, 3.8) is 0 Å². The fourth-order valence-electron chi connectivity index (χ4n) is 2.98. The van der Waals surface area contributed by atoms with Crippen molar-refractivity contribution in [2.24, 2.45) is 0 Å². The van der Waals surface area contributed by atoms with Crippen LogP contribution in [0.3, 0.4) is 0 Å². The molecule has 18 heavy (non-hydrogen) atoms. The molecule has 0 amide bonds. The van der Waals surface area contributed by atoms with Crippen LogP contribution in [0.4, 0.5) is 5.82 Å². The molecule has 2 saturated heterocycles. The summed E-state index contributed by atoms with van der Waals surface area (Å²) < 4.78 is 0. The molecule has 3 heterocycles. The highest BCUT2D eigenvalue weighted by Gasteiger charge is 2.30. The van der Waals surface area contributed by atoms with Crippen molar-refractivity contribution in [2.75, 3.05) is 31.1 Å². The fourth-order valence-corrected chi connectivity index (χ4v) is 3.48. The van der Waals surface area contributed by atoms with Crippen molar-refractivity contribution in [1.29, 1.82) is 0 Å². The maximum atomic E-state index is 6.21. The molecule has 0 bridgehead atoms. The van der Waals surface area contributed by atoms with Gasteiger partial charge in [-0.2, -0.15) is 0 Å². The van der Waals surface area contributed by atoms with E-state index >= 15 is 0 Å². The highest BCUT2D eigenvalue weighted by atomic mass is 35.5. The fraction of sp³-hybridized carbons (Fsp3) is 0.615. The van der Waals surface area contributed by atoms with Gasteiger partial charge in [0.15, 0.2) is 0 Å². The second-order valence-electron chi connectivity index (χ2n) is 5.09. The van der Waals surface area contributed by atoms with E-state index in [0.717, 1.165) is 18.9 Å². The topological polar surface area (TPSA) is 19.4 Å². The number of aromatic nitrogens is 1. The van der Waals surface area contributed by atoms with Crippen molar-refractivity contribution in [2.45, 2.75) is 25.3 Å². The molecule has 1 aromatic heterocycles. The van der Waals surface area contributed by atoms with Gasteiger partial charge in [0, 0.05) is 25.3 Å². The molecular formula is C13H17Cl2N3. The van der Waals surface area contributed by atoms with E-state index in [4.69, 9.17) is 23.2 Å². The molecule has 2 aliphatic rings. The Morgan fingerprint density at radius 1 is 1.17 bits per heavy atom. The van der Waals surface area contributed by atoms with Crippen molar-refractivity contribution in [3.05, 3.63) is 22.3 Å². The summed E-state index contributed by atoms with van der Waals surface area (Å²) >= 11 is 12.1. The number of hydrogen-bond donors (Lipinski definition) is 0.